The molecule has 0 fully saturated rings. The van der Waals surface area contributed by atoms with Gasteiger partial charge in [0.1, 0.15) is 0 Å². The molecule has 0 saturated carbocycles. The Balaban J connectivity index is 2.89. The number of para-hydroxylation sites is 1. The molecule has 1 N–H and O–H groups in total. The Morgan fingerprint density at radius 3 is 2.67 bits per heavy atom. The van der Waals surface area contributed by atoms with Crippen LogP contribution in [-0.2, 0) is 6.42 Å². The van der Waals surface area contributed by atoms with Gasteiger partial charge in [0.2, 0.25) is 0 Å². The molecule has 0 heterocycles. The van der Waals surface area contributed by atoms with Crippen molar-refractivity contribution in [2.75, 3.05) is 5.32 Å². The second-order valence-electron chi connectivity index (χ2n) is 2.69. The third-order valence-electron chi connectivity index (χ3n) is 1.71. The Morgan fingerprint density at radius 1 is 1.42 bits per heavy atom. The summed E-state index contributed by atoms with van der Waals surface area (Å²) in [7, 11) is 0. The number of aryl methyl sites for hydroxylation is 1. The Morgan fingerprint density at radius 2 is 2.08 bits per heavy atom. The third kappa shape index (κ3) is 2.31. The average molecular weight is 179 g/mol. The van der Waals surface area contributed by atoms with Crippen molar-refractivity contribution in [3.63, 3.8) is 0 Å². The van der Waals surface area contributed by atoms with Gasteiger partial charge < -0.3 is 5.32 Å². The Labute approximate surface area is 78.8 Å². The second kappa shape index (κ2) is 4.21. The first-order chi connectivity index (χ1) is 5.74. The predicted octanol–water partition coefficient (Wildman–Crippen LogP) is 3.01. The molecule has 1 rings (SSSR count). The molecule has 1 nitrogen and oxygen atoms in total. The van der Waals surface area contributed by atoms with Crippen molar-refractivity contribution in [2.24, 2.45) is 0 Å². The maximum absolute atomic E-state index is 4.97. The number of benzene rings is 1. The van der Waals surface area contributed by atoms with Gasteiger partial charge in [-0.05, 0) is 25.0 Å². The van der Waals surface area contributed by atoms with E-state index in [0.717, 1.165) is 17.1 Å². The molecule has 0 radical (unpaired) electrons. The lowest BCUT2D eigenvalue weighted by atomic mass is 10.1. The molecule has 0 aliphatic heterocycles. The fourth-order valence-corrected chi connectivity index (χ4v) is 1.25. The van der Waals surface area contributed by atoms with Crippen LogP contribution in [-0.4, -0.2) is 4.99 Å². The lowest BCUT2D eigenvalue weighted by molar-refractivity contribution is 1.14. The minimum Gasteiger partial charge on any atom is -0.350 e. The number of hydrogen-bond donors (Lipinski definition) is 1. The molecular weight excluding hydrogens is 166 g/mol. The van der Waals surface area contributed by atoms with Gasteiger partial charge >= 0.3 is 0 Å². The first kappa shape index (κ1) is 9.20. The van der Waals surface area contributed by atoms with Crippen molar-refractivity contribution in [3.8, 4) is 0 Å². The van der Waals surface area contributed by atoms with Gasteiger partial charge in [0.25, 0.3) is 0 Å². The summed E-state index contributed by atoms with van der Waals surface area (Å²) in [5.74, 6) is 0. The van der Waals surface area contributed by atoms with Gasteiger partial charge in [-0.1, -0.05) is 37.3 Å². The number of hydrogen-bond acceptors (Lipinski definition) is 1. The van der Waals surface area contributed by atoms with E-state index in [4.69, 9.17) is 12.2 Å². The number of anilines is 1. The molecule has 0 spiro atoms. The van der Waals surface area contributed by atoms with Gasteiger partial charge in [-0.25, -0.2) is 0 Å². The molecule has 0 atom stereocenters. The maximum Gasteiger partial charge on any atom is 0.0765 e. The van der Waals surface area contributed by atoms with E-state index in [0.29, 0.717) is 0 Å². The van der Waals surface area contributed by atoms with E-state index in [9.17, 15) is 0 Å². The van der Waals surface area contributed by atoms with Crippen LogP contribution in [0, 0.1) is 0 Å². The minimum absolute atomic E-state index is 0.816. The summed E-state index contributed by atoms with van der Waals surface area (Å²) in [5, 5.41) is 3.16. The van der Waals surface area contributed by atoms with Crippen LogP contribution in [0.3, 0.4) is 0 Å². The lowest BCUT2D eigenvalue weighted by Crippen LogP contribution is -2.05. The van der Waals surface area contributed by atoms with Gasteiger partial charge in [-0.15, -0.1) is 0 Å². The molecule has 64 valence electrons. The topological polar surface area (TPSA) is 12.0 Å². The molecular formula is C10H13NS. The molecule has 2 heteroatoms. The Bertz CT molecular complexity index is 281. The summed E-state index contributed by atoms with van der Waals surface area (Å²) in [4.78, 5) is 0.816. The van der Waals surface area contributed by atoms with Gasteiger partial charge in [-0.2, -0.15) is 0 Å². The molecule has 0 amide bonds. The standard InChI is InChI=1S/C10H13NS/c1-3-9-6-4-5-7-10(9)11-8(2)12/h4-7H,3H2,1-2H3,(H,11,12). The van der Waals surface area contributed by atoms with E-state index in [1.807, 2.05) is 19.1 Å². The first-order valence-corrected chi connectivity index (χ1v) is 4.50. The number of nitrogens with one attached hydrogen (secondary N) is 1. The van der Waals surface area contributed by atoms with Crippen LogP contribution >= 0.6 is 12.2 Å². The van der Waals surface area contributed by atoms with Crippen molar-refractivity contribution in [3.05, 3.63) is 29.8 Å². The Hall–Kier alpha value is -0.890. The molecule has 0 unspecified atom stereocenters. The molecule has 0 saturated heterocycles. The summed E-state index contributed by atoms with van der Waals surface area (Å²) in [6.07, 6.45) is 1.03. The highest BCUT2D eigenvalue weighted by Crippen LogP contribution is 2.15. The second-order valence-corrected chi connectivity index (χ2v) is 3.30. The van der Waals surface area contributed by atoms with Crippen LogP contribution in [0.15, 0.2) is 24.3 Å². The van der Waals surface area contributed by atoms with Crippen LogP contribution in [0.25, 0.3) is 0 Å². The third-order valence-corrected chi connectivity index (χ3v) is 1.81. The summed E-state index contributed by atoms with van der Waals surface area (Å²) in [5.41, 5.74) is 2.44. The number of rotatable bonds is 2. The SMILES string of the molecule is CCc1ccccc1NC(C)=S. The maximum atomic E-state index is 4.97. The fraction of sp³-hybridized carbons (Fsp3) is 0.300. The van der Waals surface area contributed by atoms with Crippen molar-refractivity contribution < 1.29 is 0 Å². The molecule has 0 bridgehead atoms. The highest BCUT2D eigenvalue weighted by molar-refractivity contribution is 7.80. The van der Waals surface area contributed by atoms with Crippen LogP contribution in [0.2, 0.25) is 0 Å². The van der Waals surface area contributed by atoms with Crippen molar-refractivity contribution in [2.45, 2.75) is 20.3 Å². The molecule has 0 aromatic heterocycles. The number of thiocarbonyl (C=S) groups is 1. The zero-order chi connectivity index (χ0) is 8.97. The normalized spacial score (nSPS) is 9.50. The largest absolute Gasteiger partial charge is 0.350 e. The van der Waals surface area contributed by atoms with E-state index in [-0.39, 0.29) is 0 Å². The minimum atomic E-state index is 0.816. The molecule has 1 aromatic rings. The smallest absolute Gasteiger partial charge is 0.0765 e. The van der Waals surface area contributed by atoms with Crippen LogP contribution in [0.4, 0.5) is 5.69 Å². The van der Waals surface area contributed by atoms with Crippen molar-refractivity contribution >= 4 is 22.9 Å². The summed E-state index contributed by atoms with van der Waals surface area (Å²) < 4.78 is 0. The van der Waals surface area contributed by atoms with Gasteiger partial charge in [0.15, 0.2) is 0 Å². The summed E-state index contributed by atoms with van der Waals surface area (Å²) in [6.45, 7) is 4.03. The van der Waals surface area contributed by atoms with Crippen molar-refractivity contribution in [1.82, 2.24) is 0 Å². The summed E-state index contributed by atoms with van der Waals surface area (Å²) in [6, 6.07) is 8.22. The average Bonchev–Trinajstić information content (AvgIpc) is 2.04. The first-order valence-electron chi connectivity index (χ1n) is 4.09. The van der Waals surface area contributed by atoms with Crippen LogP contribution in [0.1, 0.15) is 19.4 Å². The lowest BCUT2D eigenvalue weighted by Gasteiger charge is -2.08. The highest BCUT2D eigenvalue weighted by atomic mass is 32.1. The van der Waals surface area contributed by atoms with E-state index in [1.54, 1.807) is 0 Å². The zero-order valence-electron chi connectivity index (χ0n) is 7.42. The van der Waals surface area contributed by atoms with Gasteiger partial charge in [0.05, 0.1) is 4.99 Å². The van der Waals surface area contributed by atoms with E-state index >= 15 is 0 Å². The monoisotopic (exact) mass is 179 g/mol. The van der Waals surface area contributed by atoms with E-state index < -0.39 is 0 Å². The van der Waals surface area contributed by atoms with Crippen LogP contribution in [0.5, 0.6) is 0 Å². The van der Waals surface area contributed by atoms with E-state index in [1.165, 1.54) is 5.56 Å². The van der Waals surface area contributed by atoms with Crippen LogP contribution < -0.4 is 5.32 Å². The molecule has 12 heavy (non-hydrogen) atoms. The predicted molar refractivity (Wildman–Crippen MR) is 57.7 cm³/mol. The highest BCUT2D eigenvalue weighted by Gasteiger charge is 1.97. The summed E-state index contributed by atoms with van der Waals surface area (Å²) >= 11 is 4.97. The Kier molecular flexibility index (Phi) is 3.23. The van der Waals surface area contributed by atoms with Gasteiger partial charge in [0, 0.05) is 5.69 Å². The fourth-order valence-electron chi connectivity index (χ4n) is 1.14. The molecule has 0 aliphatic rings. The van der Waals surface area contributed by atoms with Gasteiger partial charge in [-0.3, -0.25) is 0 Å². The molecule has 1 aromatic carbocycles. The molecule has 0 aliphatic carbocycles. The quantitative estimate of drug-likeness (QED) is 0.700. The van der Waals surface area contributed by atoms with Crippen molar-refractivity contribution in [1.29, 1.82) is 0 Å². The zero-order valence-corrected chi connectivity index (χ0v) is 8.24. The van der Waals surface area contributed by atoms with E-state index in [2.05, 4.69) is 24.4 Å².